The number of halogens is 5. The van der Waals surface area contributed by atoms with Gasteiger partial charge in [0.25, 0.3) is 0 Å². The summed E-state index contributed by atoms with van der Waals surface area (Å²) in [5, 5.41) is 5.56. The van der Waals surface area contributed by atoms with Gasteiger partial charge in [-0.15, -0.1) is 0 Å². The fourth-order valence-electron chi connectivity index (χ4n) is 3.22. The Morgan fingerprint density at radius 2 is 1.95 bits per heavy atom. The first-order valence-corrected chi connectivity index (χ1v) is 11.3. The summed E-state index contributed by atoms with van der Waals surface area (Å²) < 4.78 is 68.1. The van der Waals surface area contributed by atoms with Gasteiger partial charge in [0, 0.05) is 12.8 Å². The average Bonchev–Trinajstić information content (AvgIpc) is 3.18. The molecule has 2 aromatic carbocycles. The van der Waals surface area contributed by atoms with Crippen LogP contribution in [0.15, 0.2) is 45.7 Å². The van der Waals surface area contributed by atoms with Crippen LogP contribution in [-0.4, -0.2) is 47.2 Å². The number of rotatable bonds is 9. The van der Waals surface area contributed by atoms with Crippen molar-refractivity contribution in [1.82, 2.24) is 14.7 Å². The first-order valence-electron chi connectivity index (χ1n) is 10.9. The van der Waals surface area contributed by atoms with Gasteiger partial charge in [-0.2, -0.15) is 18.2 Å². The molecule has 11 nitrogen and oxygen atoms in total. The van der Waals surface area contributed by atoms with Crippen LogP contribution in [0.4, 0.5) is 40.7 Å². The van der Waals surface area contributed by atoms with Crippen LogP contribution in [-0.2, 0) is 9.53 Å². The highest BCUT2D eigenvalue weighted by Crippen LogP contribution is 2.31. The molecule has 0 aliphatic carbocycles. The molecule has 2 heterocycles. The zero-order valence-electron chi connectivity index (χ0n) is 20.1. The number of aryl methyl sites for hydroxylation is 1. The summed E-state index contributed by atoms with van der Waals surface area (Å²) in [5.41, 5.74) is 0.296. The van der Waals surface area contributed by atoms with Crippen LogP contribution < -0.4 is 26.0 Å². The molecule has 0 atom stereocenters. The first-order chi connectivity index (χ1) is 18.5. The van der Waals surface area contributed by atoms with Crippen LogP contribution >= 0.6 is 11.6 Å². The van der Waals surface area contributed by atoms with Crippen LogP contribution in [0.3, 0.4) is 0 Å². The zero-order chi connectivity index (χ0) is 28.3. The van der Waals surface area contributed by atoms with Crippen LogP contribution in [0, 0.1) is 12.7 Å². The number of alkyl halides is 3. The highest BCUT2D eigenvalue weighted by molar-refractivity contribution is 6.32. The molecule has 2 aromatic heterocycles. The lowest BCUT2D eigenvalue weighted by Gasteiger charge is -2.14. The van der Waals surface area contributed by atoms with E-state index in [-0.39, 0.29) is 63.0 Å². The Hall–Kier alpha value is -4.37. The Morgan fingerprint density at radius 3 is 2.67 bits per heavy atom. The van der Waals surface area contributed by atoms with E-state index in [9.17, 15) is 22.8 Å². The minimum Gasteiger partial charge on any atom is -0.488 e. The van der Waals surface area contributed by atoms with E-state index in [1.165, 1.54) is 37.6 Å². The van der Waals surface area contributed by atoms with Crippen LogP contribution in [0.2, 0.25) is 5.02 Å². The fourth-order valence-corrected chi connectivity index (χ4v) is 3.36. The van der Waals surface area contributed by atoms with E-state index < -0.39 is 23.7 Å². The van der Waals surface area contributed by atoms with Crippen LogP contribution in [0.5, 0.6) is 5.75 Å². The second-order valence-electron chi connectivity index (χ2n) is 7.78. The molecule has 0 saturated carbocycles. The largest absolute Gasteiger partial charge is 0.493 e. The lowest BCUT2D eigenvalue weighted by molar-refractivity contribution is -0.200. The molecule has 0 aliphatic rings. The first kappa shape index (κ1) is 27.7. The molecule has 4 aromatic rings. The normalized spacial score (nSPS) is 11.5. The molecular weight excluding hydrogens is 554 g/mol. The molecule has 0 amide bonds. The highest BCUT2D eigenvalue weighted by Gasteiger charge is 2.42. The number of oxazole rings is 1. The second kappa shape index (κ2) is 11.2. The van der Waals surface area contributed by atoms with Crippen molar-refractivity contribution in [1.29, 1.82) is 0 Å². The number of nitrogens with zero attached hydrogens (tertiary/aromatic N) is 3. The average molecular weight is 572 g/mol. The van der Waals surface area contributed by atoms with Crippen LogP contribution in [0.1, 0.15) is 5.56 Å². The van der Waals surface area contributed by atoms with Crippen molar-refractivity contribution in [3.05, 3.63) is 63.5 Å². The van der Waals surface area contributed by atoms with E-state index >= 15 is 4.39 Å². The van der Waals surface area contributed by atoms with E-state index in [1.54, 1.807) is 13.0 Å². The number of ether oxygens (including phenoxy) is 2. The molecule has 206 valence electrons. The van der Waals surface area contributed by atoms with E-state index in [4.69, 9.17) is 25.5 Å². The summed E-state index contributed by atoms with van der Waals surface area (Å²) in [5.74, 6) is -4.67. The van der Waals surface area contributed by atoms with Gasteiger partial charge in [-0.25, -0.2) is 19.0 Å². The van der Waals surface area contributed by atoms with Gasteiger partial charge in [0.2, 0.25) is 5.95 Å². The standard InChI is InChI=1S/C23H18ClF4N5O6/c1-11-3-5-14(17(25)18(11)37-8-7-36-2)31-21-29-10-13(24)19(32-21)30-12-4-6-16-15(9-12)33(22(35)38-16)39-20(34)23(26,27)28/h3-6,9-10H,7-8H2,1-2H3,(H2,29,30,31,32). The minimum atomic E-state index is -5.34. The third-order valence-corrected chi connectivity index (χ3v) is 5.30. The number of fused-ring (bicyclic) bond motifs is 1. The molecule has 0 bridgehead atoms. The maximum Gasteiger partial charge on any atom is 0.493 e. The van der Waals surface area contributed by atoms with Crippen molar-refractivity contribution in [3.8, 4) is 5.75 Å². The van der Waals surface area contributed by atoms with E-state index in [0.717, 1.165) is 0 Å². The molecule has 39 heavy (non-hydrogen) atoms. The smallest absolute Gasteiger partial charge is 0.488 e. The monoisotopic (exact) mass is 571 g/mol. The highest BCUT2D eigenvalue weighted by atomic mass is 35.5. The number of hydrogen-bond acceptors (Lipinski definition) is 10. The van der Waals surface area contributed by atoms with Crippen molar-refractivity contribution in [2.45, 2.75) is 13.1 Å². The Morgan fingerprint density at radius 1 is 1.18 bits per heavy atom. The van der Waals surface area contributed by atoms with Gasteiger partial charge in [0.15, 0.2) is 23.0 Å². The van der Waals surface area contributed by atoms with Gasteiger partial charge in [0.1, 0.15) is 17.1 Å². The maximum absolute atomic E-state index is 15.1. The lowest BCUT2D eigenvalue weighted by atomic mass is 10.2. The summed E-state index contributed by atoms with van der Waals surface area (Å²) in [6, 6.07) is 6.91. The summed E-state index contributed by atoms with van der Waals surface area (Å²) >= 11 is 6.18. The number of anilines is 4. The third-order valence-electron chi connectivity index (χ3n) is 5.03. The van der Waals surface area contributed by atoms with Gasteiger partial charge in [-0.05, 0) is 36.8 Å². The van der Waals surface area contributed by atoms with Crippen molar-refractivity contribution in [3.63, 3.8) is 0 Å². The number of methoxy groups -OCH3 is 1. The molecule has 0 unspecified atom stereocenters. The Bertz CT molecular complexity index is 1590. The Kier molecular flexibility index (Phi) is 7.92. The third kappa shape index (κ3) is 6.21. The molecule has 0 aliphatic heterocycles. The summed E-state index contributed by atoms with van der Waals surface area (Å²) in [6.45, 7) is 2.07. The predicted molar refractivity (Wildman–Crippen MR) is 130 cm³/mol. The molecule has 16 heteroatoms. The van der Waals surface area contributed by atoms with Crippen molar-refractivity contribution >= 4 is 51.8 Å². The Labute approximate surface area is 221 Å². The molecule has 2 N–H and O–H groups in total. The molecule has 0 radical (unpaired) electrons. The summed E-state index contributed by atoms with van der Waals surface area (Å²) in [6.07, 6.45) is -4.12. The molecule has 4 rings (SSSR count). The second-order valence-corrected chi connectivity index (χ2v) is 8.18. The molecular formula is C23H18ClF4N5O6. The number of carbonyl (C=O) groups excluding carboxylic acids is 1. The summed E-state index contributed by atoms with van der Waals surface area (Å²) in [4.78, 5) is 35.5. The lowest BCUT2D eigenvalue weighted by Crippen LogP contribution is -2.36. The molecule has 0 fully saturated rings. The number of nitrogens with one attached hydrogen (secondary N) is 2. The fraction of sp³-hybridized carbons (Fsp3) is 0.217. The van der Waals surface area contributed by atoms with Gasteiger partial charge in [-0.3, -0.25) is 0 Å². The maximum atomic E-state index is 15.1. The quantitative estimate of drug-likeness (QED) is 0.218. The summed E-state index contributed by atoms with van der Waals surface area (Å²) in [7, 11) is 1.49. The minimum absolute atomic E-state index is 0.0107. The van der Waals surface area contributed by atoms with Gasteiger partial charge in [0.05, 0.1) is 18.5 Å². The van der Waals surface area contributed by atoms with Gasteiger partial charge >= 0.3 is 17.9 Å². The molecule has 0 spiro atoms. The number of aromatic nitrogens is 3. The van der Waals surface area contributed by atoms with Gasteiger partial charge < -0.3 is 29.4 Å². The van der Waals surface area contributed by atoms with Gasteiger partial charge in [-0.1, -0.05) is 22.4 Å². The number of carbonyl (C=O) groups is 1. The van der Waals surface area contributed by atoms with E-state index in [1.807, 2.05) is 0 Å². The van der Waals surface area contributed by atoms with Crippen molar-refractivity contribution in [2.24, 2.45) is 0 Å². The van der Waals surface area contributed by atoms with Crippen molar-refractivity contribution in [2.75, 3.05) is 31.0 Å². The predicted octanol–water partition coefficient (Wildman–Crippen LogP) is 4.52. The van der Waals surface area contributed by atoms with Crippen LogP contribution in [0.25, 0.3) is 11.1 Å². The molecule has 0 saturated heterocycles. The van der Waals surface area contributed by atoms with E-state index in [0.29, 0.717) is 5.56 Å². The number of benzene rings is 2. The van der Waals surface area contributed by atoms with E-state index in [2.05, 4.69) is 25.4 Å². The number of hydrogen-bond donors (Lipinski definition) is 2. The Balaban J connectivity index is 1.59. The topological polar surface area (TPSA) is 130 Å². The zero-order valence-corrected chi connectivity index (χ0v) is 20.8. The van der Waals surface area contributed by atoms with Crippen molar-refractivity contribution < 1.29 is 41.1 Å². The SMILES string of the molecule is COCCOc1c(C)ccc(Nc2ncc(Cl)c(Nc3ccc4oc(=O)n(OC(=O)C(F)(F)F)c4c3)n2)c1F.